The normalized spacial score (nSPS) is 15.8. The van der Waals surface area contributed by atoms with E-state index in [0.717, 1.165) is 24.0 Å². The highest BCUT2D eigenvalue weighted by Crippen LogP contribution is 2.43. The van der Waals surface area contributed by atoms with Crippen molar-refractivity contribution in [2.24, 2.45) is 0 Å². The molecule has 2 aliphatic heterocycles. The number of nitrogens with zero attached hydrogens (tertiary/aromatic N) is 8. The van der Waals surface area contributed by atoms with Gasteiger partial charge in [-0.05, 0) is 78.0 Å². The Bertz CT molecular complexity index is 2090. The first-order chi connectivity index (χ1) is 23.3. The largest absolute Gasteiger partial charge is 0.444 e. The molecular formula is C36H39ClF2N8O2. The molecule has 3 aromatic heterocycles. The third kappa shape index (κ3) is 6.45. The number of rotatable bonds is 4. The van der Waals surface area contributed by atoms with Crippen LogP contribution in [0.25, 0.3) is 43.8 Å². The van der Waals surface area contributed by atoms with Crippen molar-refractivity contribution in [3.8, 4) is 17.2 Å². The van der Waals surface area contributed by atoms with Crippen LogP contribution in [-0.2, 0) is 4.74 Å². The zero-order chi connectivity index (χ0) is 35.2. The summed E-state index contributed by atoms with van der Waals surface area (Å²) in [6.07, 6.45) is 4.34. The van der Waals surface area contributed by atoms with Gasteiger partial charge in [0, 0.05) is 67.2 Å². The molecule has 1 amide bonds. The van der Waals surface area contributed by atoms with Gasteiger partial charge in [0.25, 0.3) is 0 Å². The molecule has 5 heterocycles. The van der Waals surface area contributed by atoms with Gasteiger partial charge in [-0.1, -0.05) is 11.6 Å². The van der Waals surface area contributed by atoms with Gasteiger partial charge in [0.1, 0.15) is 22.8 Å². The second kappa shape index (κ2) is 13.4. The number of piperidine rings is 1. The molecule has 0 N–H and O–H groups in total. The molecular weight excluding hydrogens is 650 g/mol. The summed E-state index contributed by atoms with van der Waals surface area (Å²) in [5, 5.41) is 14.0. The molecule has 0 unspecified atom stereocenters. The Morgan fingerprint density at radius 1 is 1.08 bits per heavy atom. The third-order valence-corrected chi connectivity index (χ3v) is 9.34. The summed E-state index contributed by atoms with van der Waals surface area (Å²) < 4.78 is 39.1. The number of carbonyl (C=O) groups is 1. The lowest BCUT2D eigenvalue weighted by molar-refractivity contribution is 0.0186. The Hall–Kier alpha value is -4.60. The molecule has 2 aromatic carbocycles. The molecule has 5 aromatic rings. The first-order valence-electron chi connectivity index (χ1n) is 16.3. The molecule has 0 spiro atoms. The van der Waals surface area contributed by atoms with Crippen molar-refractivity contribution in [3.63, 3.8) is 0 Å². The number of nitriles is 1. The molecule has 0 bridgehead atoms. The van der Waals surface area contributed by atoms with Gasteiger partial charge < -0.3 is 19.4 Å². The van der Waals surface area contributed by atoms with E-state index in [0.29, 0.717) is 54.3 Å². The van der Waals surface area contributed by atoms with E-state index in [9.17, 15) is 9.18 Å². The number of aromatic nitrogens is 4. The van der Waals surface area contributed by atoms with Crippen LogP contribution in [0.3, 0.4) is 0 Å². The molecule has 0 aliphatic carbocycles. The number of anilines is 1. The highest BCUT2D eigenvalue weighted by Gasteiger charge is 2.34. The minimum absolute atomic E-state index is 0.0349. The van der Waals surface area contributed by atoms with Gasteiger partial charge in [-0.25, -0.2) is 18.6 Å². The van der Waals surface area contributed by atoms with Crippen molar-refractivity contribution >= 4 is 56.2 Å². The van der Waals surface area contributed by atoms with E-state index in [2.05, 4.69) is 14.8 Å². The lowest BCUT2D eigenvalue weighted by atomic mass is 9.98. The van der Waals surface area contributed by atoms with Gasteiger partial charge in [0.15, 0.2) is 5.82 Å². The molecule has 2 aliphatic rings. The minimum atomic E-state index is -0.596. The van der Waals surface area contributed by atoms with Crippen LogP contribution in [0.1, 0.15) is 46.6 Å². The number of hydrogen-bond acceptors (Lipinski definition) is 8. The fraction of sp³-hybridized carbons (Fsp3) is 0.417. The second-order valence-electron chi connectivity index (χ2n) is 13.7. The predicted molar refractivity (Wildman–Crippen MR) is 188 cm³/mol. The van der Waals surface area contributed by atoms with Crippen molar-refractivity contribution in [2.75, 3.05) is 45.2 Å². The fourth-order valence-corrected chi connectivity index (χ4v) is 6.83. The van der Waals surface area contributed by atoms with Crippen molar-refractivity contribution in [2.45, 2.75) is 58.2 Å². The molecule has 2 saturated heterocycles. The molecule has 0 atom stereocenters. The number of ether oxygens (including phenoxy) is 1. The average Bonchev–Trinajstić information content (AvgIpc) is 3.47. The number of likely N-dealkylation sites (N-methyl/N-ethyl adjacent to an activating group) is 1. The van der Waals surface area contributed by atoms with E-state index in [1.54, 1.807) is 41.6 Å². The fourth-order valence-electron chi connectivity index (χ4n) is 6.54. The number of carbonyl (C=O) groups excluding carboxylic acids is 1. The van der Waals surface area contributed by atoms with Crippen molar-refractivity contribution in [1.29, 1.82) is 5.26 Å². The van der Waals surface area contributed by atoms with Crippen LogP contribution in [0.2, 0.25) is 5.02 Å². The maximum absolute atomic E-state index is 16.9. The van der Waals surface area contributed by atoms with Gasteiger partial charge in [0.05, 0.1) is 39.8 Å². The van der Waals surface area contributed by atoms with Crippen molar-refractivity contribution < 1.29 is 18.3 Å². The van der Waals surface area contributed by atoms with E-state index in [1.165, 1.54) is 19.1 Å². The molecule has 10 nitrogen and oxygen atoms in total. The summed E-state index contributed by atoms with van der Waals surface area (Å²) in [5.41, 5.74) is 1.18. The molecule has 256 valence electrons. The predicted octanol–water partition coefficient (Wildman–Crippen LogP) is 7.58. The van der Waals surface area contributed by atoms with Crippen molar-refractivity contribution in [1.82, 2.24) is 29.5 Å². The Morgan fingerprint density at radius 2 is 1.78 bits per heavy atom. The Kier molecular flexibility index (Phi) is 9.35. The molecule has 7 rings (SSSR count). The van der Waals surface area contributed by atoms with E-state index in [4.69, 9.17) is 31.7 Å². The second-order valence-corrected chi connectivity index (χ2v) is 14.1. The summed E-state index contributed by atoms with van der Waals surface area (Å²) in [7, 11) is 4.09. The molecule has 0 radical (unpaired) electrons. The third-order valence-electron chi connectivity index (χ3n) is 9.04. The van der Waals surface area contributed by atoms with E-state index in [-0.39, 0.29) is 33.6 Å². The lowest BCUT2D eigenvalue weighted by Gasteiger charge is -2.43. The molecule has 2 fully saturated rings. The molecule has 0 saturated carbocycles. The molecule has 49 heavy (non-hydrogen) atoms. The Balaban J connectivity index is 0.00000134. The summed E-state index contributed by atoms with van der Waals surface area (Å²) in [4.78, 5) is 28.1. The molecule has 13 heteroatoms. The van der Waals surface area contributed by atoms with Gasteiger partial charge in [-0.3, -0.25) is 9.67 Å². The number of benzene rings is 2. The average molecular weight is 689 g/mol. The quantitative estimate of drug-likeness (QED) is 0.190. The van der Waals surface area contributed by atoms with Gasteiger partial charge in [-0.2, -0.15) is 10.4 Å². The minimum Gasteiger partial charge on any atom is -0.444 e. The highest BCUT2D eigenvalue weighted by atomic mass is 35.5. The standard InChI is InChI=1S/C34H36ClF2N7O2.C2H3N/c1-34(2,3)46-33(45)42-13-10-19(11-14-42)44-31-23-15-25(35)27(22-8-9-26(36)21-7-6-12-38-29(21)22)28(37)30(23)40-32(24(31)16-39-44)43-17-20(18-43)41(4)5;1-2-3/h6-9,12,15-16,19-20H,10-11,13-14,17-18H2,1-5H3;1H3. The van der Waals surface area contributed by atoms with E-state index < -0.39 is 17.2 Å². The van der Waals surface area contributed by atoms with Gasteiger partial charge >= 0.3 is 6.09 Å². The number of halogens is 3. The van der Waals surface area contributed by atoms with Crippen molar-refractivity contribution in [3.05, 3.63) is 59.4 Å². The lowest BCUT2D eigenvalue weighted by Crippen LogP contribution is -2.57. The summed E-state index contributed by atoms with van der Waals surface area (Å²) in [6.45, 7) is 9.51. The highest BCUT2D eigenvalue weighted by molar-refractivity contribution is 6.35. The van der Waals surface area contributed by atoms with Crippen LogP contribution in [0.15, 0.2) is 42.7 Å². The van der Waals surface area contributed by atoms with Crippen LogP contribution in [-0.4, -0.2) is 87.6 Å². The van der Waals surface area contributed by atoms with E-state index in [1.807, 2.05) is 39.5 Å². The summed E-state index contributed by atoms with van der Waals surface area (Å²) in [5.74, 6) is -0.380. The van der Waals surface area contributed by atoms with Crippen LogP contribution < -0.4 is 4.90 Å². The maximum Gasteiger partial charge on any atom is 0.410 e. The van der Waals surface area contributed by atoms with Crippen LogP contribution >= 0.6 is 11.6 Å². The topological polar surface area (TPSA) is 103 Å². The number of pyridine rings is 2. The zero-order valence-electron chi connectivity index (χ0n) is 28.5. The van der Waals surface area contributed by atoms with Crippen LogP contribution in [0.5, 0.6) is 0 Å². The first-order valence-corrected chi connectivity index (χ1v) is 16.6. The SMILES string of the molecule is CC#N.CN(C)C1CN(c2nc3c(F)c(-c4ccc(F)c5cccnc45)c(Cl)cc3c3c2cnn3C2CCN(C(=O)OC(C)(C)C)CC2)C1. The van der Waals surface area contributed by atoms with Gasteiger partial charge in [0.2, 0.25) is 0 Å². The Morgan fingerprint density at radius 3 is 2.43 bits per heavy atom. The first kappa shape index (κ1) is 34.3. The monoisotopic (exact) mass is 688 g/mol. The van der Waals surface area contributed by atoms with E-state index >= 15 is 4.39 Å². The number of fused-ring (bicyclic) bond motifs is 4. The van der Waals surface area contributed by atoms with Gasteiger partial charge in [-0.15, -0.1) is 0 Å². The number of hydrogen-bond donors (Lipinski definition) is 0. The smallest absolute Gasteiger partial charge is 0.410 e. The summed E-state index contributed by atoms with van der Waals surface area (Å²) in [6, 6.07) is 9.88. The number of likely N-dealkylation sites (tertiary alicyclic amines) is 1. The van der Waals surface area contributed by atoms with Crippen LogP contribution in [0.4, 0.5) is 19.4 Å². The summed E-state index contributed by atoms with van der Waals surface area (Å²) >= 11 is 6.90. The van der Waals surface area contributed by atoms with Crippen LogP contribution in [0, 0.1) is 23.0 Å². The number of amides is 1. The Labute approximate surface area is 288 Å². The maximum atomic E-state index is 16.9. The zero-order valence-corrected chi connectivity index (χ0v) is 29.2.